The largest absolute Gasteiger partial charge is 0.481 e. The van der Waals surface area contributed by atoms with E-state index >= 15 is 0 Å². The maximum atomic E-state index is 12.1. The Morgan fingerprint density at radius 2 is 1.74 bits per heavy atom. The Hall–Kier alpha value is -2.04. The van der Waals surface area contributed by atoms with Gasteiger partial charge in [0.1, 0.15) is 6.61 Å². The number of carbonyl (C=O) groups excluding carboxylic acids is 1. The molecule has 0 atom stereocenters. The minimum atomic E-state index is -0.895. The molecule has 1 aliphatic carbocycles. The van der Waals surface area contributed by atoms with Gasteiger partial charge >= 0.3 is 12.1 Å². The number of hydrogen-bond donors (Lipinski definition) is 2. The van der Waals surface area contributed by atoms with E-state index in [2.05, 4.69) is 19.2 Å². The van der Waals surface area contributed by atoms with Crippen LogP contribution in [0, 0.1) is 5.41 Å². The van der Waals surface area contributed by atoms with Gasteiger partial charge in [-0.15, -0.1) is 0 Å². The minimum absolute atomic E-state index is 0.0660. The molecule has 2 rings (SSSR count). The van der Waals surface area contributed by atoms with E-state index in [0.717, 1.165) is 18.4 Å². The first-order valence-electron chi connectivity index (χ1n) is 8.01. The van der Waals surface area contributed by atoms with Crippen LogP contribution in [0.4, 0.5) is 4.79 Å². The van der Waals surface area contributed by atoms with Crippen molar-refractivity contribution in [2.45, 2.75) is 58.1 Å². The highest BCUT2D eigenvalue weighted by molar-refractivity contribution is 5.72. The Balaban J connectivity index is 1.95. The Kier molecular flexibility index (Phi) is 5.29. The van der Waals surface area contributed by atoms with Crippen LogP contribution in [0.15, 0.2) is 30.3 Å². The van der Waals surface area contributed by atoms with Gasteiger partial charge in [0, 0.05) is 0 Å². The molecule has 0 aliphatic heterocycles. The standard InChI is InChI=1S/C18H25NO4/c1-17(2)8-10-18(11-9-17,12-15(20)21)19-16(22)23-13-14-6-4-3-5-7-14/h3-7H,8-13H2,1-2H3,(H,19,22)(H,20,21). The molecule has 0 aromatic heterocycles. The van der Waals surface area contributed by atoms with Gasteiger partial charge < -0.3 is 15.2 Å². The first-order valence-corrected chi connectivity index (χ1v) is 8.01. The van der Waals surface area contributed by atoms with Gasteiger partial charge in [-0.3, -0.25) is 4.79 Å². The molecule has 0 saturated heterocycles. The van der Waals surface area contributed by atoms with E-state index in [-0.39, 0.29) is 18.4 Å². The molecule has 1 aliphatic rings. The van der Waals surface area contributed by atoms with Crippen LogP contribution in [0.1, 0.15) is 51.5 Å². The molecule has 0 heterocycles. The summed E-state index contributed by atoms with van der Waals surface area (Å²) in [6.07, 6.45) is 2.48. The van der Waals surface area contributed by atoms with Crippen molar-refractivity contribution in [2.75, 3.05) is 0 Å². The molecule has 126 valence electrons. The van der Waals surface area contributed by atoms with Crippen LogP contribution < -0.4 is 5.32 Å². The first-order chi connectivity index (χ1) is 10.8. The molecule has 1 fully saturated rings. The van der Waals surface area contributed by atoms with Crippen molar-refractivity contribution >= 4 is 12.1 Å². The lowest BCUT2D eigenvalue weighted by Gasteiger charge is -2.43. The van der Waals surface area contributed by atoms with Gasteiger partial charge in [0.05, 0.1) is 12.0 Å². The lowest BCUT2D eigenvalue weighted by molar-refractivity contribution is -0.139. The van der Waals surface area contributed by atoms with Crippen molar-refractivity contribution in [1.82, 2.24) is 5.32 Å². The Morgan fingerprint density at radius 3 is 2.30 bits per heavy atom. The molecule has 2 N–H and O–H groups in total. The number of ether oxygens (including phenoxy) is 1. The number of aliphatic carboxylic acids is 1. The summed E-state index contributed by atoms with van der Waals surface area (Å²) in [4.78, 5) is 23.3. The average molecular weight is 319 g/mol. The fourth-order valence-electron chi connectivity index (χ4n) is 3.02. The third-order valence-electron chi connectivity index (χ3n) is 4.63. The number of nitrogens with one attached hydrogen (secondary N) is 1. The third-order valence-corrected chi connectivity index (χ3v) is 4.63. The summed E-state index contributed by atoms with van der Waals surface area (Å²) < 4.78 is 5.25. The zero-order valence-electron chi connectivity index (χ0n) is 13.8. The molecule has 1 amide bonds. The quantitative estimate of drug-likeness (QED) is 0.867. The highest BCUT2D eigenvalue weighted by Crippen LogP contribution is 2.41. The van der Waals surface area contributed by atoms with E-state index < -0.39 is 17.6 Å². The highest BCUT2D eigenvalue weighted by atomic mass is 16.5. The SMILES string of the molecule is CC1(C)CCC(CC(=O)O)(NC(=O)OCc2ccccc2)CC1. The van der Waals surface area contributed by atoms with E-state index in [0.29, 0.717) is 12.8 Å². The summed E-state index contributed by atoms with van der Waals surface area (Å²) in [5.41, 5.74) is 0.395. The zero-order valence-corrected chi connectivity index (χ0v) is 13.8. The summed E-state index contributed by atoms with van der Waals surface area (Å²) in [7, 11) is 0. The second kappa shape index (κ2) is 7.02. The van der Waals surface area contributed by atoms with Gasteiger partial charge in [0.15, 0.2) is 0 Å². The van der Waals surface area contributed by atoms with Crippen molar-refractivity contribution < 1.29 is 19.4 Å². The molecule has 0 bridgehead atoms. The van der Waals surface area contributed by atoms with Gasteiger partial charge in [-0.05, 0) is 36.7 Å². The summed E-state index contributed by atoms with van der Waals surface area (Å²) in [5, 5.41) is 12.0. The van der Waals surface area contributed by atoms with E-state index in [1.54, 1.807) is 0 Å². The van der Waals surface area contributed by atoms with Crippen molar-refractivity contribution in [3.05, 3.63) is 35.9 Å². The van der Waals surface area contributed by atoms with Crippen LogP contribution in [0.25, 0.3) is 0 Å². The third kappa shape index (κ3) is 5.27. The van der Waals surface area contributed by atoms with Crippen molar-refractivity contribution in [3.63, 3.8) is 0 Å². The Morgan fingerprint density at radius 1 is 1.13 bits per heavy atom. The molecule has 23 heavy (non-hydrogen) atoms. The molecule has 0 unspecified atom stereocenters. The Bertz CT molecular complexity index is 543. The van der Waals surface area contributed by atoms with Gasteiger partial charge in [-0.1, -0.05) is 44.2 Å². The molecule has 5 heteroatoms. The van der Waals surface area contributed by atoms with Gasteiger partial charge in [0.25, 0.3) is 0 Å². The number of carboxylic acids is 1. The van der Waals surface area contributed by atoms with Crippen LogP contribution in [-0.4, -0.2) is 22.7 Å². The number of amides is 1. The van der Waals surface area contributed by atoms with Crippen LogP contribution >= 0.6 is 0 Å². The molecule has 1 saturated carbocycles. The predicted octanol–water partition coefficient (Wildman–Crippen LogP) is 3.73. The molecular formula is C18H25NO4. The number of carboxylic acid groups (broad SMARTS) is 1. The monoisotopic (exact) mass is 319 g/mol. The maximum absolute atomic E-state index is 12.1. The van der Waals surface area contributed by atoms with Crippen molar-refractivity contribution in [1.29, 1.82) is 0 Å². The van der Waals surface area contributed by atoms with Gasteiger partial charge in [-0.2, -0.15) is 0 Å². The lowest BCUT2D eigenvalue weighted by Crippen LogP contribution is -2.53. The van der Waals surface area contributed by atoms with E-state index in [1.165, 1.54) is 0 Å². The van der Waals surface area contributed by atoms with Crippen molar-refractivity contribution in [2.24, 2.45) is 5.41 Å². The summed E-state index contributed by atoms with van der Waals surface area (Å²) >= 11 is 0. The minimum Gasteiger partial charge on any atom is -0.481 e. The number of benzene rings is 1. The van der Waals surface area contributed by atoms with E-state index in [1.807, 2.05) is 30.3 Å². The number of carbonyl (C=O) groups is 2. The lowest BCUT2D eigenvalue weighted by atomic mass is 9.68. The van der Waals surface area contributed by atoms with Crippen LogP contribution in [-0.2, 0) is 16.1 Å². The predicted molar refractivity (Wildman–Crippen MR) is 87.0 cm³/mol. The van der Waals surface area contributed by atoms with E-state index in [9.17, 15) is 14.7 Å². The Labute approximate surface area is 137 Å². The van der Waals surface area contributed by atoms with Crippen LogP contribution in [0.3, 0.4) is 0 Å². The molecule has 1 aromatic carbocycles. The smallest absolute Gasteiger partial charge is 0.407 e. The normalized spacial score (nSPS) is 18.9. The maximum Gasteiger partial charge on any atom is 0.407 e. The molecular weight excluding hydrogens is 294 g/mol. The highest BCUT2D eigenvalue weighted by Gasteiger charge is 2.41. The second-order valence-electron chi connectivity index (χ2n) is 7.20. The average Bonchev–Trinajstić information content (AvgIpc) is 2.49. The summed E-state index contributed by atoms with van der Waals surface area (Å²) in [6, 6.07) is 9.42. The molecule has 5 nitrogen and oxygen atoms in total. The zero-order chi connectivity index (χ0) is 16.9. The number of alkyl carbamates (subject to hydrolysis) is 1. The first kappa shape index (κ1) is 17.3. The summed E-state index contributed by atoms with van der Waals surface area (Å²) in [5.74, 6) is -0.895. The topological polar surface area (TPSA) is 75.6 Å². The fraction of sp³-hybridized carbons (Fsp3) is 0.556. The van der Waals surface area contributed by atoms with Crippen molar-refractivity contribution in [3.8, 4) is 0 Å². The number of rotatable bonds is 5. The second-order valence-corrected chi connectivity index (χ2v) is 7.20. The molecule has 0 spiro atoms. The molecule has 0 radical (unpaired) electrons. The van der Waals surface area contributed by atoms with Crippen LogP contribution in [0.2, 0.25) is 0 Å². The van der Waals surface area contributed by atoms with Gasteiger partial charge in [0.2, 0.25) is 0 Å². The van der Waals surface area contributed by atoms with Gasteiger partial charge in [-0.25, -0.2) is 4.79 Å². The molecule has 1 aromatic rings. The summed E-state index contributed by atoms with van der Waals surface area (Å²) in [6.45, 7) is 4.53. The fourth-order valence-corrected chi connectivity index (χ4v) is 3.02. The van der Waals surface area contributed by atoms with E-state index in [4.69, 9.17) is 4.74 Å². The number of hydrogen-bond acceptors (Lipinski definition) is 3. The van der Waals surface area contributed by atoms with Crippen LogP contribution in [0.5, 0.6) is 0 Å².